The molecule has 0 aliphatic rings. The zero-order valence-electron chi connectivity index (χ0n) is 10.7. The molecule has 1 atom stereocenters. The van der Waals surface area contributed by atoms with Gasteiger partial charge in [0, 0.05) is 9.32 Å². The van der Waals surface area contributed by atoms with E-state index in [2.05, 4.69) is 22.6 Å². The lowest BCUT2D eigenvalue weighted by atomic mass is 9.92. The molecule has 0 saturated heterocycles. The zero-order valence-corrected chi connectivity index (χ0v) is 13.7. The van der Waals surface area contributed by atoms with Crippen LogP contribution in [0.2, 0.25) is 0 Å². The highest BCUT2D eigenvalue weighted by molar-refractivity contribution is 14.1. The summed E-state index contributed by atoms with van der Waals surface area (Å²) < 4.78 is 23.9. The van der Waals surface area contributed by atoms with Crippen LogP contribution in [0.1, 0.15) is 32.3 Å². The molecule has 0 spiro atoms. The molecular formula is C13H19IO3S. The lowest BCUT2D eigenvalue weighted by Crippen LogP contribution is -2.22. The molecule has 0 aromatic heterocycles. The standard InChI is InChI=1S/C13H19IO3S/c1-3-18(16,17)10-4-9-13(2,15)11-5-7-12(14)8-6-11/h5-8,15H,3-4,9-10H2,1-2H3. The van der Waals surface area contributed by atoms with Crippen molar-refractivity contribution in [1.82, 2.24) is 0 Å². The van der Waals surface area contributed by atoms with Gasteiger partial charge in [0.2, 0.25) is 0 Å². The Balaban J connectivity index is 2.62. The summed E-state index contributed by atoms with van der Waals surface area (Å²) in [6.07, 6.45) is 0.933. The molecule has 1 aromatic carbocycles. The van der Waals surface area contributed by atoms with Gasteiger partial charge < -0.3 is 5.11 Å². The molecule has 0 saturated carbocycles. The Morgan fingerprint density at radius 1 is 1.28 bits per heavy atom. The number of hydrogen-bond acceptors (Lipinski definition) is 3. The van der Waals surface area contributed by atoms with Gasteiger partial charge in [-0.2, -0.15) is 0 Å². The summed E-state index contributed by atoms with van der Waals surface area (Å²) in [6.45, 7) is 3.38. The first-order chi connectivity index (χ1) is 8.27. The average molecular weight is 382 g/mol. The van der Waals surface area contributed by atoms with E-state index in [9.17, 15) is 13.5 Å². The third kappa shape index (κ3) is 4.85. The Kier molecular flexibility index (Phi) is 5.61. The second kappa shape index (κ2) is 6.34. The lowest BCUT2D eigenvalue weighted by Gasteiger charge is -2.23. The monoisotopic (exact) mass is 382 g/mol. The van der Waals surface area contributed by atoms with E-state index in [1.54, 1.807) is 13.8 Å². The lowest BCUT2D eigenvalue weighted by molar-refractivity contribution is 0.0472. The van der Waals surface area contributed by atoms with Crippen LogP contribution < -0.4 is 0 Å². The van der Waals surface area contributed by atoms with E-state index < -0.39 is 15.4 Å². The minimum Gasteiger partial charge on any atom is -0.385 e. The van der Waals surface area contributed by atoms with Crippen molar-refractivity contribution in [2.24, 2.45) is 0 Å². The minimum absolute atomic E-state index is 0.143. The molecule has 0 aliphatic heterocycles. The van der Waals surface area contributed by atoms with E-state index in [0.717, 1.165) is 9.13 Å². The molecule has 1 rings (SSSR count). The Morgan fingerprint density at radius 3 is 2.33 bits per heavy atom. The molecular weight excluding hydrogens is 363 g/mol. The van der Waals surface area contributed by atoms with Crippen molar-refractivity contribution in [2.75, 3.05) is 11.5 Å². The summed E-state index contributed by atoms with van der Waals surface area (Å²) in [6, 6.07) is 7.65. The van der Waals surface area contributed by atoms with Crippen molar-refractivity contribution in [3.05, 3.63) is 33.4 Å². The van der Waals surface area contributed by atoms with E-state index in [1.807, 2.05) is 24.3 Å². The zero-order chi connectivity index (χ0) is 13.8. The van der Waals surface area contributed by atoms with Gasteiger partial charge in [-0.3, -0.25) is 0 Å². The predicted molar refractivity (Wildman–Crippen MR) is 82.3 cm³/mol. The van der Waals surface area contributed by atoms with Crippen molar-refractivity contribution < 1.29 is 13.5 Å². The molecule has 3 nitrogen and oxygen atoms in total. The van der Waals surface area contributed by atoms with Gasteiger partial charge in [-0.1, -0.05) is 19.1 Å². The summed E-state index contributed by atoms with van der Waals surface area (Å²) in [4.78, 5) is 0. The van der Waals surface area contributed by atoms with Crippen LogP contribution in [0.15, 0.2) is 24.3 Å². The van der Waals surface area contributed by atoms with Gasteiger partial charge in [0.25, 0.3) is 0 Å². The Labute approximate surface area is 123 Å². The Bertz CT molecular complexity index is 477. The van der Waals surface area contributed by atoms with Crippen LogP contribution in [0.5, 0.6) is 0 Å². The molecule has 102 valence electrons. The van der Waals surface area contributed by atoms with Crippen molar-refractivity contribution in [1.29, 1.82) is 0 Å². The van der Waals surface area contributed by atoms with Gasteiger partial charge in [0.1, 0.15) is 9.84 Å². The number of sulfone groups is 1. The number of rotatable bonds is 6. The van der Waals surface area contributed by atoms with Crippen molar-refractivity contribution in [2.45, 2.75) is 32.3 Å². The molecule has 5 heteroatoms. The molecule has 1 N–H and O–H groups in total. The normalized spacial score (nSPS) is 15.3. The van der Waals surface area contributed by atoms with Gasteiger partial charge in [-0.15, -0.1) is 0 Å². The largest absolute Gasteiger partial charge is 0.385 e. The van der Waals surface area contributed by atoms with Gasteiger partial charge in [-0.05, 0) is 60.1 Å². The molecule has 0 bridgehead atoms. The topological polar surface area (TPSA) is 54.4 Å². The van der Waals surface area contributed by atoms with Gasteiger partial charge >= 0.3 is 0 Å². The fourth-order valence-corrected chi connectivity index (χ4v) is 2.97. The number of hydrogen-bond donors (Lipinski definition) is 1. The maximum atomic E-state index is 11.4. The first-order valence-corrected chi connectivity index (χ1v) is 8.86. The molecule has 1 aromatic rings. The summed E-state index contributed by atoms with van der Waals surface area (Å²) in [5.74, 6) is 0.308. The second-order valence-corrected chi connectivity index (χ2v) is 8.34. The van der Waals surface area contributed by atoms with Gasteiger partial charge in [-0.25, -0.2) is 8.42 Å². The van der Waals surface area contributed by atoms with Crippen LogP contribution >= 0.6 is 22.6 Å². The van der Waals surface area contributed by atoms with Crippen LogP contribution in [-0.4, -0.2) is 25.0 Å². The first-order valence-electron chi connectivity index (χ1n) is 5.96. The molecule has 0 amide bonds. The first kappa shape index (κ1) is 15.9. The molecule has 0 radical (unpaired) electrons. The van der Waals surface area contributed by atoms with Crippen molar-refractivity contribution >= 4 is 32.4 Å². The van der Waals surface area contributed by atoms with Crippen LogP contribution in [0.3, 0.4) is 0 Å². The quantitative estimate of drug-likeness (QED) is 0.770. The SMILES string of the molecule is CCS(=O)(=O)CCCC(C)(O)c1ccc(I)cc1. The van der Waals surface area contributed by atoms with Crippen molar-refractivity contribution in [3.8, 4) is 0 Å². The summed E-state index contributed by atoms with van der Waals surface area (Å²) in [5.41, 5.74) is -0.134. The third-order valence-corrected chi connectivity index (χ3v) is 5.53. The maximum absolute atomic E-state index is 11.4. The number of halogens is 1. The minimum atomic E-state index is -2.94. The summed E-state index contributed by atoms with van der Waals surface area (Å²) in [7, 11) is -2.94. The van der Waals surface area contributed by atoms with Gasteiger partial charge in [0.15, 0.2) is 0 Å². The Hall–Kier alpha value is -0.140. The fraction of sp³-hybridized carbons (Fsp3) is 0.538. The van der Waals surface area contributed by atoms with Crippen LogP contribution in [0, 0.1) is 3.57 Å². The second-order valence-electron chi connectivity index (χ2n) is 4.62. The number of benzene rings is 1. The maximum Gasteiger partial charge on any atom is 0.150 e. The molecule has 0 aliphatic carbocycles. The molecule has 1 unspecified atom stereocenters. The van der Waals surface area contributed by atoms with E-state index in [-0.39, 0.29) is 11.5 Å². The highest BCUT2D eigenvalue weighted by Crippen LogP contribution is 2.26. The van der Waals surface area contributed by atoms with E-state index in [0.29, 0.717) is 12.8 Å². The van der Waals surface area contributed by atoms with Gasteiger partial charge in [0.05, 0.1) is 11.4 Å². The van der Waals surface area contributed by atoms with Crippen molar-refractivity contribution in [3.63, 3.8) is 0 Å². The van der Waals surface area contributed by atoms with Crippen LogP contribution in [0.25, 0.3) is 0 Å². The fourth-order valence-electron chi connectivity index (χ4n) is 1.73. The van der Waals surface area contributed by atoms with E-state index >= 15 is 0 Å². The molecule has 0 heterocycles. The van der Waals surface area contributed by atoms with Crippen LogP contribution in [-0.2, 0) is 15.4 Å². The Morgan fingerprint density at radius 2 is 1.83 bits per heavy atom. The van der Waals surface area contributed by atoms with E-state index in [1.165, 1.54) is 0 Å². The third-order valence-electron chi connectivity index (χ3n) is 3.02. The summed E-state index contributed by atoms with van der Waals surface area (Å²) >= 11 is 2.21. The highest BCUT2D eigenvalue weighted by Gasteiger charge is 2.23. The average Bonchev–Trinajstić information content (AvgIpc) is 2.29. The van der Waals surface area contributed by atoms with E-state index in [4.69, 9.17) is 0 Å². The number of aliphatic hydroxyl groups is 1. The smallest absolute Gasteiger partial charge is 0.150 e. The highest BCUT2D eigenvalue weighted by atomic mass is 127. The van der Waals surface area contributed by atoms with Crippen LogP contribution in [0.4, 0.5) is 0 Å². The predicted octanol–water partition coefficient (Wildman–Crippen LogP) is 2.71. The molecule has 0 fully saturated rings. The molecule has 18 heavy (non-hydrogen) atoms. The summed E-state index contributed by atoms with van der Waals surface area (Å²) in [5, 5.41) is 10.3.